The Bertz CT molecular complexity index is 1390. The second-order valence-corrected chi connectivity index (χ2v) is 28.7. The summed E-state index contributed by atoms with van der Waals surface area (Å²) in [6, 6.07) is 0. The predicted octanol–water partition coefficient (Wildman–Crippen LogP) is 7.62. The van der Waals surface area contributed by atoms with Gasteiger partial charge in [-0.3, -0.25) is 13.7 Å². The minimum Gasteiger partial charge on any atom is -0.377 e. The molecule has 0 aromatic heterocycles. The van der Waals surface area contributed by atoms with Crippen LogP contribution < -0.4 is 0 Å². The zero-order valence-corrected chi connectivity index (χ0v) is 43.9. The molecule has 0 aliphatic rings. The highest BCUT2D eigenvalue weighted by Crippen LogP contribution is 2.66. The summed E-state index contributed by atoms with van der Waals surface area (Å²) in [6.45, 7) is 30.6. The summed E-state index contributed by atoms with van der Waals surface area (Å²) >= 11 is 0. The topological polar surface area (TPSA) is 223 Å². The van der Waals surface area contributed by atoms with Crippen molar-refractivity contribution in [2.45, 2.75) is 161 Å². The number of hydrogen-bond donors (Lipinski definition) is 3. The lowest BCUT2D eigenvalue weighted by molar-refractivity contribution is -0.0596. The smallest absolute Gasteiger partial charge is 0.261 e. The molecule has 3 atom stereocenters. The van der Waals surface area contributed by atoms with Crippen LogP contribution in [0.4, 0.5) is 0 Å². The normalized spacial score (nSPS) is 17.0. The standard InChI is InChI=1S/C41H87O18P3/c1-34(2)52-26-18-48-20-28-54-36(6,7)60(42,43)38(10,11)56-30-22-50-24-32-58-40(14,15)62(46,47)41(16,17)59-33-25-51-23-31-57-39(12,13)61(44,45)37(8,9)55-29-21-49-19-27-53-35(3,4)5/h34H,18-33H2,1-17H3,(H,42,43)(H,44,45)(H,46,47). The highest BCUT2D eigenvalue weighted by molar-refractivity contribution is 7.61. The van der Waals surface area contributed by atoms with Crippen LogP contribution in [0, 0.1) is 0 Å². The van der Waals surface area contributed by atoms with Crippen molar-refractivity contribution in [2.75, 3.05) is 106 Å². The second-order valence-electron chi connectivity index (χ2n) is 18.8. The Hall–Kier alpha value is 0.0900. The van der Waals surface area contributed by atoms with Gasteiger partial charge in [0, 0.05) is 0 Å². The summed E-state index contributed by atoms with van der Waals surface area (Å²) in [4.78, 5) is 33.3. The fraction of sp³-hybridized carbons (Fsp3) is 1.00. The van der Waals surface area contributed by atoms with Crippen LogP contribution in [0.5, 0.6) is 0 Å². The minimum absolute atomic E-state index is 0.000753. The van der Waals surface area contributed by atoms with Gasteiger partial charge < -0.3 is 71.5 Å². The Morgan fingerprint density at radius 2 is 0.500 bits per heavy atom. The maximum Gasteiger partial charge on any atom is 0.261 e. The molecule has 0 aliphatic heterocycles. The van der Waals surface area contributed by atoms with E-state index in [4.69, 9.17) is 56.8 Å². The summed E-state index contributed by atoms with van der Waals surface area (Å²) in [6.07, 6.45) is 0.106. The molecule has 0 heterocycles. The number of hydrogen-bond acceptors (Lipinski definition) is 15. The van der Waals surface area contributed by atoms with E-state index in [1.54, 1.807) is 27.7 Å². The Kier molecular flexibility index (Phi) is 26.6. The molecule has 3 unspecified atom stereocenters. The van der Waals surface area contributed by atoms with E-state index >= 15 is 0 Å². The van der Waals surface area contributed by atoms with Crippen molar-refractivity contribution in [3.8, 4) is 0 Å². The van der Waals surface area contributed by atoms with Crippen molar-refractivity contribution in [1.29, 1.82) is 0 Å². The van der Waals surface area contributed by atoms with Gasteiger partial charge in [-0.1, -0.05) is 0 Å². The maximum atomic E-state index is 13.7. The highest BCUT2D eigenvalue weighted by atomic mass is 31.2. The van der Waals surface area contributed by atoms with Crippen molar-refractivity contribution >= 4 is 22.1 Å². The van der Waals surface area contributed by atoms with Crippen molar-refractivity contribution in [3.05, 3.63) is 0 Å². The molecule has 0 spiro atoms. The summed E-state index contributed by atoms with van der Waals surface area (Å²) in [7, 11) is -12.3. The Balaban J connectivity index is 4.66. The summed E-state index contributed by atoms with van der Waals surface area (Å²) < 4.78 is 109. The molecular formula is C41H87O18P3. The van der Waals surface area contributed by atoms with E-state index in [0.717, 1.165) is 0 Å². The van der Waals surface area contributed by atoms with Gasteiger partial charge in [-0.05, 0) is 118 Å². The molecule has 374 valence electrons. The number of rotatable bonds is 37. The van der Waals surface area contributed by atoms with E-state index in [9.17, 15) is 28.4 Å². The van der Waals surface area contributed by atoms with Crippen LogP contribution in [0.25, 0.3) is 0 Å². The van der Waals surface area contributed by atoms with Gasteiger partial charge >= 0.3 is 0 Å². The molecule has 0 amide bonds. The highest BCUT2D eigenvalue weighted by Gasteiger charge is 2.54. The zero-order valence-electron chi connectivity index (χ0n) is 41.2. The molecule has 0 fully saturated rings. The van der Waals surface area contributed by atoms with Crippen LogP contribution >= 0.6 is 22.1 Å². The van der Waals surface area contributed by atoms with Gasteiger partial charge in [0.25, 0.3) is 22.1 Å². The summed E-state index contributed by atoms with van der Waals surface area (Å²) in [5, 5.41) is -8.75. The molecule has 0 saturated carbocycles. The van der Waals surface area contributed by atoms with Crippen molar-refractivity contribution < 1.29 is 85.2 Å². The minimum atomic E-state index is -4.15. The van der Waals surface area contributed by atoms with Gasteiger partial charge in [-0.15, -0.1) is 0 Å². The Morgan fingerprint density at radius 3 is 0.677 bits per heavy atom. The molecule has 3 N–H and O–H groups in total. The van der Waals surface area contributed by atoms with Crippen LogP contribution in [0.2, 0.25) is 0 Å². The van der Waals surface area contributed by atoms with Gasteiger partial charge in [0.05, 0.1) is 117 Å². The van der Waals surface area contributed by atoms with Crippen molar-refractivity contribution in [2.24, 2.45) is 0 Å². The first-order valence-electron chi connectivity index (χ1n) is 21.4. The molecular weight excluding hydrogens is 873 g/mol. The third-order valence-corrected chi connectivity index (χ3v) is 19.5. The van der Waals surface area contributed by atoms with Crippen LogP contribution in [0.3, 0.4) is 0 Å². The van der Waals surface area contributed by atoms with Crippen molar-refractivity contribution in [3.63, 3.8) is 0 Å². The fourth-order valence-corrected chi connectivity index (χ4v) is 11.2. The average Bonchev–Trinajstić information content (AvgIpc) is 3.11. The van der Waals surface area contributed by atoms with E-state index < -0.39 is 54.2 Å². The predicted molar refractivity (Wildman–Crippen MR) is 240 cm³/mol. The number of ether oxygens (including phenoxy) is 12. The quantitative estimate of drug-likeness (QED) is 0.0402. The molecule has 62 heavy (non-hydrogen) atoms. The molecule has 0 saturated heterocycles. The second kappa shape index (κ2) is 26.6. The molecule has 0 radical (unpaired) electrons. The molecule has 18 nitrogen and oxygen atoms in total. The Labute approximate surface area is 373 Å². The molecule has 0 bridgehead atoms. The molecule has 0 aliphatic carbocycles. The van der Waals surface area contributed by atoms with Gasteiger partial charge in [0.15, 0.2) is 0 Å². The largest absolute Gasteiger partial charge is 0.377 e. The molecule has 21 heteroatoms. The van der Waals surface area contributed by atoms with Crippen LogP contribution in [-0.4, -0.2) is 164 Å². The maximum absolute atomic E-state index is 13.7. The monoisotopic (exact) mass is 961 g/mol. The third kappa shape index (κ3) is 20.5. The first-order chi connectivity index (χ1) is 28.0. The van der Waals surface area contributed by atoms with Gasteiger partial charge in [0.2, 0.25) is 0 Å². The first-order valence-corrected chi connectivity index (χ1v) is 26.4. The lowest BCUT2D eigenvalue weighted by Crippen LogP contribution is -2.39. The van der Waals surface area contributed by atoms with E-state index in [0.29, 0.717) is 26.4 Å². The molecule has 0 rings (SSSR count). The van der Waals surface area contributed by atoms with Gasteiger partial charge in [-0.25, -0.2) is 0 Å². The van der Waals surface area contributed by atoms with E-state index in [1.807, 2.05) is 34.6 Å². The van der Waals surface area contributed by atoms with Crippen LogP contribution in [0.1, 0.15) is 118 Å². The van der Waals surface area contributed by atoms with Crippen LogP contribution in [0.15, 0.2) is 0 Å². The summed E-state index contributed by atoms with van der Waals surface area (Å²) in [5.74, 6) is 0. The van der Waals surface area contributed by atoms with E-state index in [2.05, 4.69) is 0 Å². The summed E-state index contributed by atoms with van der Waals surface area (Å²) in [5.41, 5.74) is -0.264. The zero-order chi connectivity index (χ0) is 48.4. The SMILES string of the molecule is CC(C)OCCOCCOC(C)(C)P(=O)(O)C(C)(C)OCCOCCOC(C)(C)P(=O)(O)C(C)(C)OCCOCCOC(C)(C)P(=O)(O)C(C)(C)OCCOCCOC(C)(C)C. The first kappa shape index (κ1) is 62.1. The lowest BCUT2D eigenvalue weighted by Gasteiger charge is -2.40. The molecule has 0 aromatic carbocycles. The third-order valence-electron chi connectivity index (χ3n) is 9.92. The Morgan fingerprint density at radius 1 is 0.323 bits per heavy atom. The van der Waals surface area contributed by atoms with E-state index in [1.165, 1.54) is 55.4 Å². The fourth-order valence-electron chi connectivity index (χ4n) is 5.73. The average molecular weight is 961 g/mol. The van der Waals surface area contributed by atoms with Crippen LogP contribution in [-0.2, 0) is 70.5 Å². The van der Waals surface area contributed by atoms with Crippen molar-refractivity contribution in [1.82, 2.24) is 0 Å². The lowest BCUT2D eigenvalue weighted by atomic mass is 10.2. The van der Waals surface area contributed by atoms with E-state index in [-0.39, 0.29) is 91.0 Å². The van der Waals surface area contributed by atoms with Gasteiger partial charge in [-0.2, -0.15) is 0 Å². The molecule has 0 aromatic rings. The van der Waals surface area contributed by atoms with Gasteiger partial charge in [0.1, 0.15) is 32.1 Å².